The van der Waals surface area contributed by atoms with Crippen LogP contribution in [-0.4, -0.2) is 41.2 Å². The molecule has 0 saturated carbocycles. The van der Waals surface area contributed by atoms with Crippen molar-refractivity contribution in [1.82, 2.24) is 15.2 Å². The Balaban J connectivity index is 1.90. The molecule has 1 aromatic heterocycles. The van der Waals surface area contributed by atoms with Crippen LogP contribution in [0.3, 0.4) is 0 Å². The maximum absolute atomic E-state index is 13.0. The maximum atomic E-state index is 13.0. The highest BCUT2D eigenvalue weighted by Crippen LogP contribution is 2.39. The first kappa shape index (κ1) is 24.6. The van der Waals surface area contributed by atoms with Crippen LogP contribution in [-0.2, 0) is 0 Å². The van der Waals surface area contributed by atoms with Gasteiger partial charge in [0.1, 0.15) is 0 Å². The van der Waals surface area contributed by atoms with Crippen LogP contribution in [0.15, 0.2) is 52.4 Å². The summed E-state index contributed by atoms with van der Waals surface area (Å²) in [6, 6.07) is 12.4. The molecule has 0 bridgehead atoms. The Labute approximate surface area is 198 Å². The number of hydrogen-bond donors (Lipinski definition) is 2. The predicted octanol–water partition coefficient (Wildman–Crippen LogP) is 3.82. The van der Waals surface area contributed by atoms with Gasteiger partial charge in [-0.2, -0.15) is 5.10 Å². The molecule has 2 aromatic carbocycles. The van der Waals surface area contributed by atoms with Crippen molar-refractivity contribution in [3.8, 4) is 22.9 Å². The molecule has 0 unspecified atom stereocenters. The number of aromatic amines is 1. The Kier molecular flexibility index (Phi) is 8.13. The number of para-hydroxylation sites is 1. The van der Waals surface area contributed by atoms with Crippen molar-refractivity contribution >= 4 is 11.6 Å². The van der Waals surface area contributed by atoms with Crippen LogP contribution < -0.4 is 25.2 Å². The van der Waals surface area contributed by atoms with Crippen molar-refractivity contribution in [3.05, 3.63) is 69.6 Å². The fraction of sp³-hybridized carbons (Fsp3) is 0.320. The van der Waals surface area contributed by atoms with E-state index in [9.17, 15) is 9.59 Å². The second kappa shape index (κ2) is 11.2. The molecule has 2 N–H and O–H groups in total. The quantitative estimate of drug-likeness (QED) is 0.349. The molecule has 9 heteroatoms. The second-order valence-electron chi connectivity index (χ2n) is 7.33. The number of H-pyrrole nitrogens is 1. The Hall–Kier alpha value is -4.01. The summed E-state index contributed by atoms with van der Waals surface area (Å²) in [6.07, 6.45) is 0. The molecular formula is C25H30N4O5. The van der Waals surface area contributed by atoms with Crippen LogP contribution in [0.4, 0.5) is 0 Å². The van der Waals surface area contributed by atoms with E-state index < -0.39 is 5.91 Å². The number of hydrogen-bond acceptors (Lipinski definition) is 6. The molecule has 0 fully saturated rings. The van der Waals surface area contributed by atoms with Crippen LogP contribution in [0.1, 0.15) is 49.3 Å². The number of ether oxygens (including phenoxy) is 3. The van der Waals surface area contributed by atoms with E-state index in [2.05, 4.69) is 15.6 Å². The minimum atomic E-state index is -0.471. The molecule has 9 nitrogen and oxygen atoms in total. The first-order valence-corrected chi connectivity index (χ1v) is 11.2. The number of rotatable bonds is 10. The summed E-state index contributed by atoms with van der Waals surface area (Å²) in [5.74, 6) is 0.800. The van der Waals surface area contributed by atoms with E-state index >= 15 is 0 Å². The number of carbonyl (C=O) groups is 1. The number of hydrazone groups is 1. The normalized spacial score (nSPS) is 11.3. The summed E-state index contributed by atoms with van der Waals surface area (Å²) in [4.78, 5) is 25.9. The summed E-state index contributed by atoms with van der Waals surface area (Å²) < 4.78 is 18.5. The zero-order valence-corrected chi connectivity index (χ0v) is 20.1. The summed E-state index contributed by atoms with van der Waals surface area (Å²) in [7, 11) is 0. The van der Waals surface area contributed by atoms with E-state index in [0.29, 0.717) is 65.3 Å². The molecule has 3 aromatic rings. The van der Waals surface area contributed by atoms with Crippen LogP contribution in [0.5, 0.6) is 17.2 Å². The lowest BCUT2D eigenvalue weighted by Gasteiger charge is -2.16. The Morgan fingerprint density at radius 3 is 2.15 bits per heavy atom. The first-order chi connectivity index (χ1) is 16.4. The smallest absolute Gasteiger partial charge is 0.280 e. The largest absolute Gasteiger partial charge is 0.490 e. The minimum Gasteiger partial charge on any atom is -0.490 e. The monoisotopic (exact) mass is 466 g/mol. The Morgan fingerprint density at radius 1 is 1.00 bits per heavy atom. The van der Waals surface area contributed by atoms with Gasteiger partial charge < -0.3 is 14.2 Å². The van der Waals surface area contributed by atoms with Gasteiger partial charge >= 0.3 is 0 Å². The third-order valence-electron chi connectivity index (χ3n) is 4.94. The van der Waals surface area contributed by atoms with Crippen molar-refractivity contribution in [2.24, 2.45) is 5.10 Å². The fourth-order valence-corrected chi connectivity index (χ4v) is 3.51. The minimum absolute atomic E-state index is 0.252. The summed E-state index contributed by atoms with van der Waals surface area (Å²) >= 11 is 0. The predicted molar refractivity (Wildman–Crippen MR) is 131 cm³/mol. The van der Waals surface area contributed by atoms with Crippen molar-refractivity contribution in [2.75, 3.05) is 19.8 Å². The van der Waals surface area contributed by atoms with Gasteiger partial charge in [-0.1, -0.05) is 18.2 Å². The number of benzene rings is 2. The molecule has 0 atom stereocenters. The lowest BCUT2D eigenvalue weighted by Crippen LogP contribution is -2.23. The van der Waals surface area contributed by atoms with Gasteiger partial charge in [-0.05, 0) is 58.9 Å². The van der Waals surface area contributed by atoms with Gasteiger partial charge in [-0.3, -0.25) is 14.7 Å². The number of aromatic nitrogens is 2. The van der Waals surface area contributed by atoms with E-state index in [1.165, 1.54) is 4.68 Å². The highest BCUT2D eigenvalue weighted by Gasteiger charge is 2.19. The molecule has 1 heterocycles. The van der Waals surface area contributed by atoms with Crippen molar-refractivity contribution < 1.29 is 19.0 Å². The van der Waals surface area contributed by atoms with Gasteiger partial charge in [-0.25, -0.2) is 10.1 Å². The molecule has 3 rings (SSSR count). The number of nitrogens with one attached hydrogen (secondary N) is 2. The lowest BCUT2D eigenvalue weighted by atomic mass is 10.1. The summed E-state index contributed by atoms with van der Waals surface area (Å²) in [6.45, 7) is 10.2. The zero-order valence-electron chi connectivity index (χ0n) is 20.1. The average molecular weight is 467 g/mol. The number of nitrogens with zero attached hydrogens (tertiary/aromatic N) is 2. The topological polar surface area (TPSA) is 107 Å². The molecule has 180 valence electrons. The van der Waals surface area contributed by atoms with Crippen LogP contribution in [0.2, 0.25) is 0 Å². The molecule has 0 aliphatic heterocycles. The molecule has 0 radical (unpaired) electrons. The maximum Gasteiger partial charge on any atom is 0.280 e. The van der Waals surface area contributed by atoms with Gasteiger partial charge in [0.25, 0.3) is 11.5 Å². The van der Waals surface area contributed by atoms with Crippen molar-refractivity contribution in [3.63, 3.8) is 0 Å². The Bertz CT molecular complexity index is 1200. The van der Waals surface area contributed by atoms with E-state index in [1.54, 1.807) is 26.0 Å². The van der Waals surface area contributed by atoms with E-state index in [-0.39, 0.29) is 5.56 Å². The molecule has 0 aliphatic rings. The molecule has 0 aliphatic carbocycles. The average Bonchev–Trinajstić information content (AvgIpc) is 3.13. The standard InChI is InChI=1S/C25H30N4O5/c1-6-32-20-14-18(15-21(33-7-2)23(20)34-8-3)24(30)27-26-16(4)22-17(5)28-29(25(22)31)19-12-10-9-11-13-19/h9-15,28H,6-8H2,1-5H3,(H,27,30). The van der Waals surface area contributed by atoms with E-state index in [0.717, 1.165) is 0 Å². The Morgan fingerprint density at radius 2 is 1.59 bits per heavy atom. The number of carbonyl (C=O) groups excluding carboxylic acids is 1. The van der Waals surface area contributed by atoms with E-state index in [4.69, 9.17) is 14.2 Å². The van der Waals surface area contributed by atoms with Crippen molar-refractivity contribution in [1.29, 1.82) is 0 Å². The molecule has 34 heavy (non-hydrogen) atoms. The first-order valence-electron chi connectivity index (χ1n) is 11.2. The number of aryl methyl sites for hydroxylation is 1. The zero-order chi connectivity index (χ0) is 24.7. The molecule has 0 spiro atoms. The summed E-state index contributed by atoms with van der Waals surface area (Å²) in [5, 5.41) is 7.23. The lowest BCUT2D eigenvalue weighted by molar-refractivity contribution is 0.0953. The van der Waals surface area contributed by atoms with Gasteiger partial charge in [0.05, 0.1) is 36.8 Å². The molecule has 1 amide bonds. The van der Waals surface area contributed by atoms with Crippen LogP contribution in [0.25, 0.3) is 5.69 Å². The highest BCUT2D eigenvalue weighted by molar-refractivity contribution is 6.01. The van der Waals surface area contributed by atoms with Gasteiger partial charge in [-0.15, -0.1) is 0 Å². The highest BCUT2D eigenvalue weighted by atomic mass is 16.5. The molecular weight excluding hydrogens is 436 g/mol. The SMILES string of the molecule is CCOc1cc(C(=O)NN=C(C)c2c(C)[nH]n(-c3ccccc3)c2=O)cc(OCC)c1OCC. The third-order valence-corrected chi connectivity index (χ3v) is 4.94. The van der Waals surface area contributed by atoms with Gasteiger partial charge in [0.2, 0.25) is 5.75 Å². The van der Waals surface area contributed by atoms with Gasteiger partial charge in [0, 0.05) is 11.3 Å². The molecule has 0 saturated heterocycles. The van der Waals surface area contributed by atoms with E-state index in [1.807, 2.05) is 51.1 Å². The summed E-state index contributed by atoms with van der Waals surface area (Å²) in [5.41, 5.74) is 4.68. The van der Waals surface area contributed by atoms with Crippen LogP contribution in [0, 0.1) is 6.92 Å². The van der Waals surface area contributed by atoms with Gasteiger partial charge in [0.15, 0.2) is 11.5 Å². The van der Waals surface area contributed by atoms with Crippen LogP contribution >= 0.6 is 0 Å². The second-order valence-corrected chi connectivity index (χ2v) is 7.33. The third kappa shape index (κ3) is 5.31. The number of amides is 1. The van der Waals surface area contributed by atoms with Crippen molar-refractivity contribution in [2.45, 2.75) is 34.6 Å². The fourth-order valence-electron chi connectivity index (χ4n) is 3.51.